The van der Waals surface area contributed by atoms with Crippen molar-refractivity contribution in [3.8, 4) is 6.07 Å². The lowest BCUT2D eigenvalue weighted by atomic mass is 10.1. The predicted molar refractivity (Wildman–Crippen MR) is 75.7 cm³/mol. The van der Waals surface area contributed by atoms with Gasteiger partial charge in [-0.3, -0.25) is 10.1 Å². The van der Waals surface area contributed by atoms with Crippen LogP contribution in [-0.2, 0) is 9.53 Å². The highest BCUT2D eigenvalue weighted by Crippen LogP contribution is 2.20. The number of ether oxygens (including phenoxy) is 1. The van der Waals surface area contributed by atoms with Gasteiger partial charge in [-0.2, -0.15) is 5.26 Å². The van der Waals surface area contributed by atoms with Gasteiger partial charge in [0, 0.05) is 12.1 Å². The predicted octanol–water partition coefficient (Wildman–Crippen LogP) is 2.13. The molecule has 0 heterocycles. The first kappa shape index (κ1) is 16.2. The fraction of sp³-hybridized carbons (Fsp3) is 0.286. The Kier molecular flexibility index (Phi) is 4.66. The molecule has 0 aromatic heterocycles. The Morgan fingerprint density at radius 3 is 2.24 bits per heavy atom. The summed E-state index contributed by atoms with van der Waals surface area (Å²) in [5, 5.41) is 19.6. The van der Waals surface area contributed by atoms with Crippen LogP contribution in [0.1, 0.15) is 26.3 Å². The van der Waals surface area contributed by atoms with E-state index in [9.17, 15) is 14.9 Å². The highest BCUT2D eigenvalue weighted by Gasteiger charge is 2.22. The first-order valence-corrected chi connectivity index (χ1v) is 6.03. The molecule has 7 nitrogen and oxygen atoms in total. The summed E-state index contributed by atoms with van der Waals surface area (Å²) in [6.45, 7) is 5.01. The first-order chi connectivity index (χ1) is 9.65. The number of nitro benzene ring substituents is 1. The minimum absolute atomic E-state index is 0.0818. The van der Waals surface area contributed by atoms with Crippen LogP contribution in [0.2, 0.25) is 0 Å². The molecule has 0 fully saturated rings. The summed E-state index contributed by atoms with van der Waals surface area (Å²) in [4.78, 5) is 21.9. The van der Waals surface area contributed by atoms with E-state index in [1.54, 1.807) is 26.8 Å². The minimum atomic E-state index is -0.833. The SMILES string of the molecule is CC(C)(C)OC(=O)/C(C#N)=C(\N)c1ccc([N+](=O)[O-])cc1. The van der Waals surface area contributed by atoms with E-state index in [1.807, 2.05) is 0 Å². The summed E-state index contributed by atoms with van der Waals surface area (Å²) in [5.74, 6) is -0.833. The molecule has 0 atom stereocenters. The number of rotatable bonds is 3. The van der Waals surface area contributed by atoms with Gasteiger partial charge in [0.25, 0.3) is 5.69 Å². The second-order valence-corrected chi connectivity index (χ2v) is 5.21. The van der Waals surface area contributed by atoms with E-state index in [1.165, 1.54) is 24.3 Å². The van der Waals surface area contributed by atoms with Gasteiger partial charge in [-0.25, -0.2) is 4.79 Å². The maximum atomic E-state index is 11.9. The zero-order valence-electron chi connectivity index (χ0n) is 11.9. The number of nitriles is 1. The molecule has 1 aromatic carbocycles. The molecular weight excluding hydrogens is 274 g/mol. The van der Waals surface area contributed by atoms with Crippen LogP contribution < -0.4 is 5.73 Å². The van der Waals surface area contributed by atoms with Crippen LogP contribution >= 0.6 is 0 Å². The van der Waals surface area contributed by atoms with E-state index in [-0.39, 0.29) is 17.0 Å². The molecule has 0 saturated heterocycles. The number of nitrogens with two attached hydrogens (primary N) is 1. The van der Waals surface area contributed by atoms with Gasteiger partial charge in [-0.15, -0.1) is 0 Å². The fourth-order valence-electron chi connectivity index (χ4n) is 1.45. The van der Waals surface area contributed by atoms with Gasteiger partial charge in [-0.05, 0) is 38.5 Å². The molecule has 110 valence electrons. The van der Waals surface area contributed by atoms with E-state index in [4.69, 9.17) is 15.7 Å². The smallest absolute Gasteiger partial charge is 0.351 e. The van der Waals surface area contributed by atoms with E-state index in [2.05, 4.69) is 0 Å². The Balaban J connectivity index is 3.16. The molecule has 1 rings (SSSR count). The van der Waals surface area contributed by atoms with Crippen molar-refractivity contribution < 1.29 is 14.5 Å². The minimum Gasteiger partial charge on any atom is -0.456 e. The molecule has 0 spiro atoms. The Morgan fingerprint density at radius 2 is 1.86 bits per heavy atom. The van der Waals surface area contributed by atoms with Gasteiger partial charge in [-0.1, -0.05) is 0 Å². The highest BCUT2D eigenvalue weighted by atomic mass is 16.6. The zero-order valence-corrected chi connectivity index (χ0v) is 11.9. The molecule has 0 aliphatic carbocycles. The summed E-state index contributed by atoms with van der Waals surface area (Å²) in [7, 11) is 0. The van der Waals surface area contributed by atoms with Crippen LogP contribution in [0.5, 0.6) is 0 Å². The first-order valence-electron chi connectivity index (χ1n) is 6.03. The van der Waals surface area contributed by atoms with Crippen molar-refractivity contribution >= 4 is 17.4 Å². The topological polar surface area (TPSA) is 119 Å². The number of non-ortho nitro benzene ring substituents is 1. The van der Waals surface area contributed by atoms with E-state index in [0.29, 0.717) is 5.56 Å². The molecule has 7 heteroatoms. The van der Waals surface area contributed by atoms with Crippen molar-refractivity contribution in [3.05, 3.63) is 45.5 Å². The number of hydrogen-bond donors (Lipinski definition) is 1. The molecule has 0 aliphatic rings. The van der Waals surface area contributed by atoms with Gasteiger partial charge in [0.1, 0.15) is 11.7 Å². The van der Waals surface area contributed by atoms with E-state index in [0.717, 1.165) is 0 Å². The highest BCUT2D eigenvalue weighted by molar-refractivity contribution is 6.01. The van der Waals surface area contributed by atoms with Crippen LogP contribution in [0.3, 0.4) is 0 Å². The van der Waals surface area contributed by atoms with Gasteiger partial charge in [0.2, 0.25) is 0 Å². The Labute approximate surface area is 121 Å². The maximum Gasteiger partial charge on any atom is 0.351 e. The van der Waals surface area contributed by atoms with Crippen molar-refractivity contribution in [2.75, 3.05) is 0 Å². The number of esters is 1. The average molecular weight is 289 g/mol. The zero-order chi connectivity index (χ0) is 16.2. The number of nitro groups is 1. The van der Waals surface area contributed by atoms with Crippen LogP contribution in [-0.4, -0.2) is 16.5 Å². The average Bonchev–Trinajstić information content (AvgIpc) is 2.37. The molecule has 0 bridgehead atoms. The molecule has 0 amide bonds. The summed E-state index contributed by atoms with van der Waals surface area (Å²) in [6, 6.07) is 6.93. The van der Waals surface area contributed by atoms with Crippen LogP contribution in [0.25, 0.3) is 5.70 Å². The molecule has 0 unspecified atom stereocenters. The van der Waals surface area contributed by atoms with Crippen molar-refractivity contribution in [2.45, 2.75) is 26.4 Å². The third kappa shape index (κ3) is 4.31. The summed E-state index contributed by atoms with van der Waals surface area (Å²) >= 11 is 0. The van der Waals surface area contributed by atoms with E-state index < -0.39 is 16.5 Å². The van der Waals surface area contributed by atoms with Gasteiger partial charge in [0.05, 0.1) is 10.6 Å². The molecule has 0 radical (unpaired) electrons. The lowest BCUT2D eigenvalue weighted by Crippen LogP contribution is -2.25. The van der Waals surface area contributed by atoms with Gasteiger partial charge >= 0.3 is 5.97 Å². The Hall–Kier alpha value is -2.88. The largest absolute Gasteiger partial charge is 0.456 e. The monoisotopic (exact) mass is 289 g/mol. The lowest BCUT2D eigenvalue weighted by Gasteiger charge is -2.19. The molecule has 1 aromatic rings. The normalized spacial score (nSPS) is 12.1. The third-order valence-electron chi connectivity index (χ3n) is 2.37. The maximum absolute atomic E-state index is 11.9. The number of nitrogens with zero attached hydrogens (tertiary/aromatic N) is 2. The second-order valence-electron chi connectivity index (χ2n) is 5.21. The Bertz CT molecular complexity index is 634. The number of hydrogen-bond acceptors (Lipinski definition) is 6. The number of carbonyl (C=O) groups excluding carboxylic acids is 1. The second kappa shape index (κ2) is 6.05. The van der Waals surface area contributed by atoms with Crippen molar-refractivity contribution in [3.63, 3.8) is 0 Å². The molecule has 2 N–H and O–H groups in total. The number of benzene rings is 1. The fourth-order valence-corrected chi connectivity index (χ4v) is 1.45. The number of carbonyl (C=O) groups is 1. The molecular formula is C14H15N3O4. The van der Waals surface area contributed by atoms with Crippen LogP contribution in [0, 0.1) is 21.4 Å². The Morgan fingerprint density at radius 1 is 1.33 bits per heavy atom. The van der Waals surface area contributed by atoms with E-state index >= 15 is 0 Å². The molecule has 0 saturated carbocycles. The quantitative estimate of drug-likeness (QED) is 0.299. The summed E-state index contributed by atoms with van der Waals surface area (Å²) < 4.78 is 5.09. The van der Waals surface area contributed by atoms with Crippen LogP contribution in [0.15, 0.2) is 29.8 Å². The van der Waals surface area contributed by atoms with Crippen molar-refractivity contribution in [1.82, 2.24) is 0 Å². The summed E-state index contributed by atoms with van der Waals surface area (Å²) in [6.07, 6.45) is 0. The van der Waals surface area contributed by atoms with Crippen molar-refractivity contribution in [2.24, 2.45) is 5.73 Å². The standard InChI is InChI=1S/C14H15N3O4/c1-14(2,3)21-13(18)11(8-15)12(16)9-4-6-10(7-5-9)17(19)20/h4-7H,16H2,1-3H3/b12-11-. The third-order valence-corrected chi connectivity index (χ3v) is 2.37. The molecule has 21 heavy (non-hydrogen) atoms. The lowest BCUT2D eigenvalue weighted by molar-refractivity contribution is -0.384. The van der Waals surface area contributed by atoms with Gasteiger partial charge < -0.3 is 10.5 Å². The summed E-state index contributed by atoms with van der Waals surface area (Å²) in [5.41, 5.74) is 4.84. The van der Waals surface area contributed by atoms with Crippen molar-refractivity contribution in [1.29, 1.82) is 5.26 Å². The van der Waals surface area contributed by atoms with Gasteiger partial charge in [0.15, 0.2) is 5.57 Å². The van der Waals surface area contributed by atoms with Crippen LogP contribution in [0.4, 0.5) is 5.69 Å². The molecule has 0 aliphatic heterocycles.